The van der Waals surface area contributed by atoms with Crippen molar-refractivity contribution in [3.05, 3.63) is 51.0 Å². The minimum atomic E-state index is 0.591. The SMILES string of the molecule is Cc1cc(Br)ccc1Oc1ccc(Br)cn1. The Balaban J connectivity index is 2.23. The van der Waals surface area contributed by atoms with Gasteiger partial charge in [0.1, 0.15) is 5.75 Å². The molecule has 1 aromatic heterocycles. The van der Waals surface area contributed by atoms with Crippen LogP contribution in [0.4, 0.5) is 0 Å². The Bertz CT molecular complexity index is 497. The summed E-state index contributed by atoms with van der Waals surface area (Å²) in [5.74, 6) is 1.41. The molecule has 0 radical (unpaired) electrons. The standard InChI is InChI=1S/C12H9Br2NO/c1-8-6-9(13)2-4-11(8)16-12-5-3-10(14)7-15-12/h2-7H,1H3. The fraction of sp³-hybridized carbons (Fsp3) is 0.0833. The van der Waals surface area contributed by atoms with Gasteiger partial charge in [-0.1, -0.05) is 15.9 Å². The highest BCUT2D eigenvalue weighted by atomic mass is 79.9. The molecule has 0 saturated carbocycles. The van der Waals surface area contributed by atoms with E-state index in [4.69, 9.17) is 4.74 Å². The van der Waals surface area contributed by atoms with Gasteiger partial charge in [0.15, 0.2) is 0 Å². The zero-order chi connectivity index (χ0) is 11.5. The molecule has 0 aliphatic heterocycles. The van der Waals surface area contributed by atoms with Crippen molar-refractivity contribution >= 4 is 31.9 Å². The summed E-state index contributed by atoms with van der Waals surface area (Å²) in [6.07, 6.45) is 1.71. The van der Waals surface area contributed by atoms with Gasteiger partial charge >= 0.3 is 0 Å². The van der Waals surface area contributed by atoms with Crippen molar-refractivity contribution in [3.63, 3.8) is 0 Å². The molecule has 0 amide bonds. The number of nitrogens with zero attached hydrogens (tertiary/aromatic N) is 1. The average molecular weight is 343 g/mol. The van der Waals surface area contributed by atoms with Crippen LogP contribution in [0, 0.1) is 6.92 Å². The third-order valence-corrected chi connectivity index (χ3v) is 3.01. The number of hydrogen-bond acceptors (Lipinski definition) is 2. The maximum atomic E-state index is 5.67. The fourth-order valence-electron chi connectivity index (χ4n) is 1.26. The minimum absolute atomic E-state index is 0.591. The highest BCUT2D eigenvalue weighted by Gasteiger charge is 2.02. The van der Waals surface area contributed by atoms with Gasteiger partial charge in [-0.15, -0.1) is 0 Å². The van der Waals surface area contributed by atoms with Gasteiger partial charge < -0.3 is 4.74 Å². The van der Waals surface area contributed by atoms with E-state index in [0.29, 0.717) is 5.88 Å². The minimum Gasteiger partial charge on any atom is -0.439 e. The van der Waals surface area contributed by atoms with Crippen molar-refractivity contribution in [1.29, 1.82) is 0 Å². The molecular formula is C12H9Br2NO. The summed E-state index contributed by atoms with van der Waals surface area (Å²) in [7, 11) is 0. The van der Waals surface area contributed by atoms with E-state index in [2.05, 4.69) is 36.8 Å². The summed E-state index contributed by atoms with van der Waals surface area (Å²) in [6, 6.07) is 9.60. The van der Waals surface area contributed by atoms with Crippen molar-refractivity contribution < 1.29 is 4.74 Å². The lowest BCUT2D eigenvalue weighted by atomic mass is 10.2. The first-order valence-electron chi connectivity index (χ1n) is 4.71. The van der Waals surface area contributed by atoms with Gasteiger partial charge in [-0.05, 0) is 52.7 Å². The van der Waals surface area contributed by atoms with Crippen LogP contribution in [0.2, 0.25) is 0 Å². The number of pyridine rings is 1. The van der Waals surface area contributed by atoms with E-state index in [1.165, 1.54) is 0 Å². The van der Waals surface area contributed by atoms with Crippen LogP contribution in [0.3, 0.4) is 0 Å². The van der Waals surface area contributed by atoms with E-state index in [1.54, 1.807) is 6.20 Å². The topological polar surface area (TPSA) is 22.1 Å². The Morgan fingerprint density at radius 1 is 1.06 bits per heavy atom. The highest BCUT2D eigenvalue weighted by molar-refractivity contribution is 9.10. The summed E-state index contributed by atoms with van der Waals surface area (Å²) < 4.78 is 7.65. The van der Waals surface area contributed by atoms with E-state index >= 15 is 0 Å². The molecule has 1 heterocycles. The molecule has 0 aliphatic carbocycles. The van der Waals surface area contributed by atoms with E-state index < -0.39 is 0 Å². The van der Waals surface area contributed by atoms with Crippen molar-refractivity contribution in [3.8, 4) is 11.6 Å². The Labute approximate surface area is 111 Å². The lowest BCUT2D eigenvalue weighted by molar-refractivity contribution is 0.459. The maximum absolute atomic E-state index is 5.67. The van der Waals surface area contributed by atoms with Gasteiger partial charge in [0.25, 0.3) is 0 Å². The first-order chi connectivity index (χ1) is 7.65. The molecule has 0 atom stereocenters. The van der Waals surface area contributed by atoms with Crippen LogP contribution in [0.15, 0.2) is 45.5 Å². The molecule has 0 N–H and O–H groups in total. The second-order valence-corrected chi connectivity index (χ2v) is 5.16. The number of aromatic nitrogens is 1. The van der Waals surface area contributed by atoms with Crippen LogP contribution >= 0.6 is 31.9 Å². The summed E-state index contributed by atoms with van der Waals surface area (Å²) in [5.41, 5.74) is 1.07. The van der Waals surface area contributed by atoms with E-state index in [1.807, 2.05) is 37.3 Å². The predicted molar refractivity (Wildman–Crippen MR) is 70.9 cm³/mol. The van der Waals surface area contributed by atoms with Crippen LogP contribution in [0.1, 0.15) is 5.56 Å². The van der Waals surface area contributed by atoms with Crippen LogP contribution in [-0.2, 0) is 0 Å². The number of aryl methyl sites for hydroxylation is 1. The van der Waals surface area contributed by atoms with Crippen LogP contribution < -0.4 is 4.74 Å². The third-order valence-electron chi connectivity index (χ3n) is 2.05. The number of hydrogen-bond donors (Lipinski definition) is 0. The molecule has 0 bridgehead atoms. The van der Waals surface area contributed by atoms with Gasteiger partial charge in [-0.2, -0.15) is 0 Å². The lowest BCUT2D eigenvalue weighted by Crippen LogP contribution is -1.89. The van der Waals surface area contributed by atoms with Gasteiger partial charge in [0, 0.05) is 21.2 Å². The van der Waals surface area contributed by atoms with Crippen LogP contribution in [0.25, 0.3) is 0 Å². The molecule has 16 heavy (non-hydrogen) atoms. The smallest absolute Gasteiger partial charge is 0.219 e. The molecule has 0 saturated heterocycles. The summed E-state index contributed by atoms with van der Waals surface area (Å²) >= 11 is 6.74. The van der Waals surface area contributed by atoms with Crippen molar-refractivity contribution in [1.82, 2.24) is 4.98 Å². The monoisotopic (exact) mass is 341 g/mol. The van der Waals surface area contributed by atoms with Crippen molar-refractivity contribution in [2.24, 2.45) is 0 Å². The largest absolute Gasteiger partial charge is 0.439 e. The van der Waals surface area contributed by atoms with Gasteiger partial charge in [-0.3, -0.25) is 0 Å². The predicted octanol–water partition coefficient (Wildman–Crippen LogP) is 4.71. The van der Waals surface area contributed by atoms with E-state index in [-0.39, 0.29) is 0 Å². The molecule has 0 aliphatic rings. The van der Waals surface area contributed by atoms with Gasteiger partial charge in [0.2, 0.25) is 5.88 Å². The first-order valence-corrected chi connectivity index (χ1v) is 6.29. The number of rotatable bonds is 2. The molecule has 0 fully saturated rings. The van der Waals surface area contributed by atoms with Gasteiger partial charge in [-0.25, -0.2) is 4.98 Å². The summed E-state index contributed by atoms with van der Waals surface area (Å²) in [5, 5.41) is 0. The molecule has 4 heteroatoms. The molecule has 2 nitrogen and oxygen atoms in total. The molecular weight excluding hydrogens is 334 g/mol. The van der Waals surface area contributed by atoms with Crippen LogP contribution in [-0.4, -0.2) is 4.98 Å². The summed E-state index contributed by atoms with van der Waals surface area (Å²) in [6.45, 7) is 2.00. The van der Waals surface area contributed by atoms with Crippen LogP contribution in [0.5, 0.6) is 11.6 Å². The third kappa shape index (κ3) is 2.83. The lowest BCUT2D eigenvalue weighted by Gasteiger charge is -2.07. The Hall–Kier alpha value is -0.870. The number of benzene rings is 1. The Kier molecular flexibility index (Phi) is 3.61. The normalized spacial score (nSPS) is 10.2. The average Bonchev–Trinajstić information content (AvgIpc) is 2.25. The van der Waals surface area contributed by atoms with Gasteiger partial charge in [0.05, 0.1) is 0 Å². The molecule has 0 spiro atoms. The van der Waals surface area contributed by atoms with Crippen molar-refractivity contribution in [2.75, 3.05) is 0 Å². The molecule has 1 aromatic carbocycles. The Morgan fingerprint density at radius 2 is 1.81 bits per heavy atom. The second-order valence-electron chi connectivity index (χ2n) is 3.33. The first kappa shape index (κ1) is 11.6. The second kappa shape index (κ2) is 4.97. The quantitative estimate of drug-likeness (QED) is 0.788. The fourth-order valence-corrected chi connectivity index (χ4v) is 1.97. The molecule has 2 aromatic rings. The molecule has 82 valence electrons. The number of halogens is 2. The van der Waals surface area contributed by atoms with E-state index in [9.17, 15) is 0 Å². The number of ether oxygens (including phenoxy) is 1. The summed E-state index contributed by atoms with van der Waals surface area (Å²) in [4.78, 5) is 4.16. The van der Waals surface area contributed by atoms with Crippen molar-refractivity contribution in [2.45, 2.75) is 6.92 Å². The maximum Gasteiger partial charge on any atom is 0.219 e. The zero-order valence-electron chi connectivity index (χ0n) is 8.58. The molecule has 2 rings (SSSR count). The zero-order valence-corrected chi connectivity index (χ0v) is 11.7. The van der Waals surface area contributed by atoms with E-state index in [0.717, 1.165) is 20.3 Å². The molecule has 0 unspecified atom stereocenters. The Morgan fingerprint density at radius 3 is 2.44 bits per heavy atom. The highest BCUT2D eigenvalue weighted by Crippen LogP contribution is 2.26.